The van der Waals surface area contributed by atoms with Crippen molar-refractivity contribution in [2.75, 3.05) is 23.3 Å². The lowest BCUT2D eigenvalue weighted by Gasteiger charge is -2.25. The van der Waals surface area contributed by atoms with Crippen molar-refractivity contribution in [3.8, 4) is 0 Å². The number of hydrogen-bond acceptors (Lipinski definition) is 3. The van der Waals surface area contributed by atoms with Crippen LogP contribution in [0.1, 0.15) is 39.2 Å². The van der Waals surface area contributed by atoms with Gasteiger partial charge in [0, 0.05) is 13.1 Å². The van der Waals surface area contributed by atoms with Crippen LogP contribution in [0.2, 0.25) is 0 Å². The number of amides is 1. The summed E-state index contributed by atoms with van der Waals surface area (Å²) in [6.07, 6.45) is 4.13. The number of carbonyl (C=O) groups excluding carboxylic acids is 1. The fraction of sp³-hybridized carbons (Fsp3) is 0.429. The molecule has 140 valence electrons. The number of rotatable bonds is 9. The van der Waals surface area contributed by atoms with E-state index in [1.807, 2.05) is 12.1 Å². The third-order valence-electron chi connectivity index (χ3n) is 4.10. The highest BCUT2D eigenvalue weighted by Gasteiger charge is 2.09. The predicted octanol–water partition coefficient (Wildman–Crippen LogP) is 4.66. The third-order valence-corrected chi connectivity index (χ3v) is 4.10. The maximum Gasteiger partial charge on any atom is 0.229 e. The first kappa shape index (κ1) is 19.9. The zero-order valence-corrected chi connectivity index (χ0v) is 15.8. The maximum atomic E-state index is 13.2. The van der Waals surface area contributed by atoms with Gasteiger partial charge in [-0.1, -0.05) is 32.9 Å². The average Bonchev–Trinajstić information content (AvgIpc) is 2.59. The molecule has 2 aromatic rings. The van der Waals surface area contributed by atoms with Gasteiger partial charge in [-0.3, -0.25) is 4.79 Å². The molecular weight excluding hydrogens is 329 g/mol. The van der Waals surface area contributed by atoms with Crippen molar-refractivity contribution in [1.29, 1.82) is 0 Å². The number of nitrogens with zero attached hydrogens (tertiary/aromatic N) is 2. The van der Waals surface area contributed by atoms with E-state index in [1.54, 1.807) is 18.3 Å². The number of hydrogen-bond donors (Lipinski definition) is 1. The van der Waals surface area contributed by atoms with Crippen LogP contribution in [0.25, 0.3) is 0 Å². The Hall–Kier alpha value is -2.43. The molecule has 0 aliphatic rings. The predicted molar refractivity (Wildman–Crippen MR) is 105 cm³/mol. The maximum absolute atomic E-state index is 13.2. The quantitative estimate of drug-likeness (QED) is 0.710. The Bertz CT molecular complexity index is 701. The van der Waals surface area contributed by atoms with Gasteiger partial charge in [0.25, 0.3) is 0 Å². The van der Waals surface area contributed by atoms with Crippen LogP contribution in [0.5, 0.6) is 0 Å². The summed E-state index contributed by atoms with van der Waals surface area (Å²) in [5.74, 6) is 0.621. The fourth-order valence-electron chi connectivity index (χ4n) is 2.72. The van der Waals surface area contributed by atoms with E-state index in [-0.39, 0.29) is 18.1 Å². The molecule has 4 nitrogen and oxygen atoms in total. The van der Waals surface area contributed by atoms with E-state index in [0.29, 0.717) is 17.3 Å². The minimum absolute atomic E-state index is 0.123. The number of benzene rings is 1. The Balaban J connectivity index is 1.95. The van der Waals surface area contributed by atoms with Crippen molar-refractivity contribution in [2.45, 2.75) is 40.0 Å². The van der Waals surface area contributed by atoms with Crippen LogP contribution in [0.3, 0.4) is 0 Å². The van der Waals surface area contributed by atoms with Gasteiger partial charge in [-0.25, -0.2) is 9.37 Å². The second-order valence-electron chi connectivity index (χ2n) is 6.93. The summed E-state index contributed by atoms with van der Waals surface area (Å²) in [4.78, 5) is 18.8. The van der Waals surface area contributed by atoms with Crippen molar-refractivity contribution < 1.29 is 9.18 Å². The topological polar surface area (TPSA) is 45.2 Å². The molecule has 2 rings (SSSR count). The second kappa shape index (κ2) is 9.90. The van der Waals surface area contributed by atoms with Gasteiger partial charge in [-0.15, -0.1) is 0 Å². The molecule has 1 amide bonds. The molecule has 5 heteroatoms. The smallest absolute Gasteiger partial charge is 0.229 e. The monoisotopic (exact) mass is 357 g/mol. The normalized spacial score (nSPS) is 10.8. The molecule has 26 heavy (non-hydrogen) atoms. The molecule has 0 spiro atoms. The molecule has 0 bridgehead atoms. The Labute approximate surface area is 155 Å². The van der Waals surface area contributed by atoms with Crippen molar-refractivity contribution in [1.82, 2.24) is 4.98 Å². The second-order valence-corrected chi connectivity index (χ2v) is 6.93. The van der Waals surface area contributed by atoms with Crippen LogP contribution < -0.4 is 10.2 Å². The Morgan fingerprint density at radius 1 is 1.23 bits per heavy atom. The number of anilines is 2. The van der Waals surface area contributed by atoms with Crippen molar-refractivity contribution >= 4 is 17.4 Å². The van der Waals surface area contributed by atoms with Crippen molar-refractivity contribution in [3.63, 3.8) is 0 Å². The van der Waals surface area contributed by atoms with Gasteiger partial charge in [-0.2, -0.15) is 0 Å². The molecule has 0 aliphatic heterocycles. The number of pyridine rings is 1. The number of aromatic nitrogens is 1. The molecule has 1 aromatic heterocycles. The minimum Gasteiger partial charge on any atom is -0.370 e. The lowest BCUT2D eigenvalue weighted by atomic mass is 10.1. The molecule has 1 N–H and O–H groups in total. The highest BCUT2D eigenvalue weighted by molar-refractivity contribution is 5.91. The van der Waals surface area contributed by atoms with Crippen LogP contribution in [0.4, 0.5) is 15.9 Å². The van der Waals surface area contributed by atoms with E-state index >= 15 is 0 Å². The van der Waals surface area contributed by atoms with E-state index in [1.165, 1.54) is 12.1 Å². The standard InChI is InChI=1S/C21H28FN3O/c1-4-11-25(12-10-16(2)3)19-8-9-20(23-15-19)24-21(26)14-17-6-5-7-18(22)13-17/h5-9,13,15-16H,4,10-12,14H2,1-3H3,(H,23,24,26). The molecule has 1 aromatic carbocycles. The SMILES string of the molecule is CCCN(CCC(C)C)c1ccc(NC(=O)Cc2cccc(F)c2)nc1. The minimum atomic E-state index is -0.338. The summed E-state index contributed by atoms with van der Waals surface area (Å²) < 4.78 is 13.2. The Morgan fingerprint density at radius 3 is 2.65 bits per heavy atom. The van der Waals surface area contributed by atoms with Gasteiger partial charge in [0.05, 0.1) is 18.3 Å². The highest BCUT2D eigenvalue weighted by Crippen LogP contribution is 2.17. The highest BCUT2D eigenvalue weighted by atomic mass is 19.1. The van der Waals surface area contributed by atoms with Crippen molar-refractivity contribution in [2.24, 2.45) is 5.92 Å². The number of nitrogens with one attached hydrogen (secondary N) is 1. The summed E-state index contributed by atoms with van der Waals surface area (Å²) in [6, 6.07) is 9.87. The van der Waals surface area contributed by atoms with E-state index in [4.69, 9.17) is 0 Å². The van der Waals surface area contributed by atoms with Crippen LogP contribution >= 0.6 is 0 Å². The van der Waals surface area contributed by atoms with Crippen molar-refractivity contribution in [3.05, 3.63) is 54.0 Å². The summed E-state index contributed by atoms with van der Waals surface area (Å²) >= 11 is 0. The first-order valence-corrected chi connectivity index (χ1v) is 9.23. The van der Waals surface area contributed by atoms with Crippen LogP contribution in [0.15, 0.2) is 42.6 Å². The summed E-state index contributed by atoms with van der Waals surface area (Å²) in [7, 11) is 0. The van der Waals surface area contributed by atoms with E-state index in [9.17, 15) is 9.18 Å². The molecule has 0 saturated carbocycles. The number of halogens is 1. The lowest BCUT2D eigenvalue weighted by molar-refractivity contribution is -0.115. The largest absolute Gasteiger partial charge is 0.370 e. The lowest BCUT2D eigenvalue weighted by Crippen LogP contribution is -2.26. The summed E-state index contributed by atoms with van der Waals surface area (Å²) in [5, 5.41) is 2.77. The third kappa shape index (κ3) is 6.47. The fourth-order valence-corrected chi connectivity index (χ4v) is 2.72. The molecule has 0 atom stereocenters. The molecule has 0 aliphatic carbocycles. The Kier molecular flexibility index (Phi) is 7.57. The Morgan fingerprint density at radius 2 is 2.04 bits per heavy atom. The molecular formula is C21H28FN3O. The molecule has 0 saturated heterocycles. The van der Waals surface area contributed by atoms with Gasteiger partial charge >= 0.3 is 0 Å². The van der Waals surface area contributed by atoms with Gasteiger partial charge in [0.15, 0.2) is 0 Å². The first-order valence-electron chi connectivity index (χ1n) is 9.23. The molecule has 0 fully saturated rings. The molecule has 0 unspecified atom stereocenters. The summed E-state index contributed by atoms with van der Waals surface area (Å²) in [5.41, 5.74) is 1.71. The van der Waals surface area contributed by atoms with Crippen LogP contribution in [-0.4, -0.2) is 24.0 Å². The summed E-state index contributed by atoms with van der Waals surface area (Å²) in [6.45, 7) is 8.59. The van der Waals surface area contributed by atoms with Crippen LogP contribution in [0, 0.1) is 11.7 Å². The van der Waals surface area contributed by atoms with Crippen LogP contribution in [-0.2, 0) is 11.2 Å². The van der Waals surface area contributed by atoms with E-state index in [0.717, 1.165) is 31.6 Å². The van der Waals surface area contributed by atoms with E-state index < -0.39 is 0 Å². The van der Waals surface area contributed by atoms with E-state index in [2.05, 4.69) is 36.0 Å². The molecule has 0 radical (unpaired) electrons. The van der Waals surface area contributed by atoms with Gasteiger partial charge in [0.1, 0.15) is 11.6 Å². The van der Waals surface area contributed by atoms with Gasteiger partial charge in [-0.05, 0) is 48.6 Å². The average molecular weight is 357 g/mol. The van der Waals surface area contributed by atoms with Gasteiger partial charge < -0.3 is 10.2 Å². The zero-order valence-electron chi connectivity index (χ0n) is 15.8. The zero-order chi connectivity index (χ0) is 18.9. The number of carbonyl (C=O) groups is 1. The molecule has 1 heterocycles. The van der Waals surface area contributed by atoms with Gasteiger partial charge in [0.2, 0.25) is 5.91 Å². The first-order chi connectivity index (χ1) is 12.5.